The minimum Gasteiger partial charge on any atom is -0.368 e. The van der Waals surface area contributed by atoms with Gasteiger partial charge >= 0.3 is 0 Å². The van der Waals surface area contributed by atoms with Crippen molar-refractivity contribution < 1.29 is 14.5 Å². The summed E-state index contributed by atoms with van der Waals surface area (Å²) >= 11 is 6.24. The first-order valence-electron chi connectivity index (χ1n) is 9.05. The molecule has 2 aliphatic heterocycles. The highest BCUT2D eigenvalue weighted by atomic mass is 35.5. The molecule has 0 bridgehead atoms. The Kier molecular flexibility index (Phi) is 4.94. The van der Waals surface area contributed by atoms with Crippen LogP contribution in [0.3, 0.4) is 0 Å². The summed E-state index contributed by atoms with van der Waals surface area (Å²) < 4.78 is 0. The first-order chi connectivity index (χ1) is 14.0. The minimum atomic E-state index is -0.619. The van der Waals surface area contributed by atoms with Crippen LogP contribution >= 0.6 is 11.6 Å². The molecule has 9 heteroatoms. The van der Waals surface area contributed by atoms with E-state index in [0.29, 0.717) is 26.2 Å². The molecular weight excluding hydrogens is 396 g/mol. The van der Waals surface area contributed by atoms with Crippen LogP contribution in [0, 0.1) is 10.1 Å². The van der Waals surface area contributed by atoms with Gasteiger partial charge in [-0.15, -0.1) is 0 Å². The van der Waals surface area contributed by atoms with Crippen LogP contribution in [0.4, 0.5) is 17.1 Å². The van der Waals surface area contributed by atoms with Crippen molar-refractivity contribution in [1.82, 2.24) is 4.90 Å². The number of nitrogens with zero attached hydrogens (tertiary/aromatic N) is 4. The summed E-state index contributed by atoms with van der Waals surface area (Å²) in [5, 5.41) is 10.7. The Morgan fingerprint density at radius 1 is 0.793 bits per heavy atom. The summed E-state index contributed by atoms with van der Waals surface area (Å²) in [7, 11) is 0. The maximum absolute atomic E-state index is 13.0. The van der Waals surface area contributed by atoms with Gasteiger partial charge < -0.3 is 9.80 Å². The Balaban J connectivity index is 1.51. The molecule has 1 fully saturated rings. The number of piperazine rings is 1. The highest BCUT2D eigenvalue weighted by Crippen LogP contribution is 2.32. The van der Waals surface area contributed by atoms with Gasteiger partial charge in [-0.05, 0) is 24.3 Å². The van der Waals surface area contributed by atoms with E-state index in [0.717, 1.165) is 10.6 Å². The molecule has 29 heavy (non-hydrogen) atoms. The number of nitro benzene ring substituents is 1. The van der Waals surface area contributed by atoms with Crippen molar-refractivity contribution in [3.63, 3.8) is 0 Å². The van der Waals surface area contributed by atoms with E-state index in [-0.39, 0.29) is 22.1 Å². The second kappa shape index (κ2) is 7.56. The van der Waals surface area contributed by atoms with Crippen molar-refractivity contribution in [2.24, 2.45) is 0 Å². The third-order valence-electron chi connectivity index (χ3n) is 5.04. The molecule has 0 N–H and O–H groups in total. The van der Waals surface area contributed by atoms with Gasteiger partial charge in [0.05, 0.1) is 10.6 Å². The molecule has 2 aromatic rings. The fraction of sp³-hybridized carbons (Fsp3) is 0.200. The quantitative estimate of drug-likeness (QED) is 0.436. The van der Waals surface area contributed by atoms with Crippen LogP contribution in [0.25, 0.3) is 0 Å². The van der Waals surface area contributed by atoms with Gasteiger partial charge in [0.2, 0.25) is 0 Å². The van der Waals surface area contributed by atoms with Crippen LogP contribution in [0.2, 0.25) is 0 Å². The second-order valence-electron chi connectivity index (χ2n) is 6.69. The number of carbonyl (C=O) groups is 2. The molecule has 0 unspecified atom stereocenters. The molecule has 0 radical (unpaired) electrons. The molecule has 0 spiro atoms. The van der Waals surface area contributed by atoms with Crippen LogP contribution in [-0.4, -0.2) is 47.8 Å². The molecule has 4 rings (SSSR count). The highest BCUT2D eigenvalue weighted by Gasteiger charge is 2.42. The van der Waals surface area contributed by atoms with Crippen molar-refractivity contribution in [3.05, 3.63) is 75.4 Å². The van der Waals surface area contributed by atoms with Gasteiger partial charge in [0.1, 0.15) is 10.7 Å². The molecule has 0 aliphatic carbocycles. The van der Waals surface area contributed by atoms with Gasteiger partial charge in [-0.1, -0.05) is 29.8 Å². The zero-order chi connectivity index (χ0) is 20.5. The Morgan fingerprint density at radius 3 is 1.97 bits per heavy atom. The van der Waals surface area contributed by atoms with E-state index in [2.05, 4.69) is 4.90 Å². The Bertz CT molecular complexity index is 999. The van der Waals surface area contributed by atoms with E-state index in [1.807, 2.05) is 35.2 Å². The van der Waals surface area contributed by atoms with Crippen molar-refractivity contribution in [2.75, 3.05) is 36.0 Å². The Hall–Kier alpha value is -3.39. The topological polar surface area (TPSA) is 87.0 Å². The number of imide groups is 1. The zero-order valence-corrected chi connectivity index (χ0v) is 16.1. The van der Waals surface area contributed by atoms with Gasteiger partial charge in [-0.3, -0.25) is 19.7 Å². The van der Waals surface area contributed by atoms with Crippen LogP contribution in [0.15, 0.2) is 65.3 Å². The van der Waals surface area contributed by atoms with E-state index in [1.54, 1.807) is 0 Å². The predicted octanol–water partition coefficient (Wildman–Crippen LogP) is 2.74. The monoisotopic (exact) mass is 412 g/mol. The standard InChI is InChI=1S/C20H17ClN4O4/c21-17-18(23-12-10-22(11-13-23)14-4-2-1-3-5-14)20(27)24(19(17)26)15-6-8-16(9-7-15)25(28)29/h1-9H,10-13H2. The molecule has 2 aromatic carbocycles. The first-order valence-corrected chi connectivity index (χ1v) is 9.43. The molecule has 0 aromatic heterocycles. The van der Waals surface area contributed by atoms with Crippen molar-refractivity contribution in [2.45, 2.75) is 0 Å². The molecule has 0 saturated carbocycles. The van der Waals surface area contributed by atoms with E-state index >= 15 is 0 Å². The van der Waals surface area contributed by atoms with Gasteiger partial charge in [-0.25, -0.2) is 4.90 Å². The number of anilines is 2. The number of rotatable bonds is 4. The van der Waals surface area contributed by atoms with Gasteiger partial charge in [0, 0.05) is 44.0 Å². The third kappa shape index (κ3) is 3.42. The smallest absolute Gasteiger partial charge is 0.283 e. The summed E-state index contributed by atoms with van der Waals surface area (Å²) in [5.74, 6) is -1.13. The van der Waals surface area contributed by atoms with E-state index in [4.69, 9.17) is 11.6 Å². The number of carbonyl (C=O) groups excluding carboxylic acids is 2. The highest BCUT2D eigenvalue weighted by molar-refractivity contribution is 6.52. The van der Waals surface area contributed by atoms with Crippen molar-refractivity contribution in [3.8, 4) is 0 Å². The number of nitro groups is 1. The molecule has 2 amide bonds. The van der Waals surface area contributed by atoms with Crippen molar-refractivity contribution >= 4 is 40.5 Å². The van der Waals surface area contributed by atoms with Crippen LogP contribution in [0.5, 0.6) is 0 Å². The molecule has 2 aliphatic rings. The molecule has 148 valence electrons. The third-order valence-corrected chi connectivity index (χ3v) is 5.38. The number of hydrogen-bond acceptors (Lipinski definition) is 6. The number of non-ortho nitro benzene ring substituents is 1. The summed E-state index contributed by atoms with van der Waals surface area (Å²) in [4.78, 5) is 40.9. The molecule has 8 nitrogen and oxygen atoms in total. The number of hydrogen-bond donors (Lipinski definition) is 0. The number of para-hydroxylation sites is 1. The normalized spacial score (nSPS) is 17.3. The largest absolute Gasteiger partial charge is 0.368 e. The summed E-state index contributed by atoms with van der Waals surface area (Å²) in [6, 6.07) is 15.2. The molecule has 0 atom stereocenters. The zero-order valence-electron chi connectivity index (χ0n) is 15.3. The van der Waals surface area contributed by atoms with E-state index in [1.165, 1.54) is 24.3 Å². The van der Waals surface area contributed by atoms with Crippen LogP contribution < -0.4 is 9.80 Å². The maximum Gasteiger partial charge on any atom is 0.283 e. The fourth-order valence-corrected chi connectivity index (χ4v) is 3.84. The number of amides is 2. The lowest BCUT2D eigenvalue weighted by Gasteiger charge is -2.37. The minimum absolute atomic E-state index is 0.121. The number of halogens is 1. The van der Waals surface area contributed by atoms with E-state index < -0.39 is 16.7 Å². The molecule has 1 saturated heterocycles. The molecule has 2 heterocycles. The predicted molar refractivity (Wildman–Crippen MR) is 109 cm³/mol. The maximum atomic E-state index is 13.0. The van der Waals surface area contributed by atoms with E-state index in [9.17, 15) is 19.7 Å². The molecular formula is C20H17ClN4O4. The summed E-state index contributed by atoms with van der Waals surface area (Å²) in [5.41, 5.74) is 1.42. The van der Waals surface area contributed by atoms with Gasteiger partial charge in [-0.2, -0.15) is 0 Å². The lowest BCUT2D eigenvalue weighted by atomic mass is 10.2. The lowest BCUT2D eigenvalue weighted by molar-refractivity contribution is -0.384. The Morgan fingerprint density at radius 2 is 1.38 bits per heavy atom. The second-order valence-corrected chi connectivity index (χ2v) is 7.07. The summed E-state index contributed by atoms with van der Waals surface area (Å²) in [6.07, 6.45) is 0. The van der Waals surface area contributed by atoms with Crippen molar-refractivity contribution in [1.29, 1.82) is 0 Å². The average Bonchev–Trinajstić information content (AvgIpc) is 2.97. The number of benzene rings is 2. The van der Waals surface area contributed by atoms with Crippen LogP contribution in [-0.2, 0) is 9.59 Å². The van der Waals surface area contributed by atoms with Gasteiger partial charge in [0.15, 0.2) is 0 Å². The summed E-state index contributed by atoms with van der Waals surface area (Å²) in [6.45, 7) is 2.48. The first kappa shape index (κ1) is 18.9. The Labute approximate surface area is 171 Å². The average molecular weight is 413 g/mol. The van der Waals surface area contributed by atoms with Gasteiger partial charge in [0.25, 0.3) is 17.5 Å². The SMILES string of the molecule is O=C1C(Cl)=C(N2CCN(c3ccccc3)CC2)C(=O)N1c1ccc([N+](=O)[O-])cc1. The van der Waals surface area contributed by atoms with Crippen LogP contribution in [0.1, 0.15) is 0 Å². The fourth-order valence-electron chi connectivity index (χ4n) is 3.55. The lowest BCUT2D eigenvalue weighted by Crippen LogP contribution is -2.47.